The Kier molecular flexibility index (Phi) is 2.28. The Labute approximate surface area is 83.9 Å². The average Bonchev–Trinajstić information content (AvgIpc) is 2.59. The maximum Gasteiger partial charge on any atom is 0.176 e. The predicted molar refractivity (Wildman–Crippen MR) is 54.4 cm³/mol. The number of rotatable bonds is 2. The summed E-state index contributed by atoms with van der Waals surface area (Å²) in [5, 5.41) is 0. The first-order valence-electron chi connectivity index (χ1n) is 4.97. The molecule has 1 aliphatic rings. The number of ether oxygens (including phenoxy) is 1. The molecule has 2 nitrogen and oxygen atoms in total. The molecule has 0 radical (unpaired) electrons. The first kappa shape index (κ1) is 9.25. The van der Waals surface area contributed by atoms with Gasteiger partial charge >= 0.3 is 0 Å². The molecule has 0 amide bonds. The molecule has 0 saturated heterocycles. The number of hydrogen-bond donors (Lipinski definition) is 0. The zero-order valence-electron chi connectivity index (χ0n) is 8.49. The Morgan fingerprint density at radius 3 is 2.79 bits per heavy atom. The highest BCUT2D eigenvalue weighted by atomic mass is 16.5. The third-order valence-electron chi connectivity index (χ3n) is 2.53. The quantitative estimate of drug-likeness (QED) is 0.714. The van der Waals surface area contributed by atoms with Gasteiger partial charge in [-0.25, -0.2) is 0 Å². The van der Waals surface area contributed by atoms with Gasteiger partial charge in [0.05, 0.1) is 0 Å². The minimum Gasteiger partial charge on any atom is -0.482 e. The van der Waals surface area contributed by atoms with Crippen molar-refractivity contribution in [3.8, 4) is 5.75 Å². The predicted octanol–water partition coefficient (Wildman–Crippen LogP) is 2.22. The summed E-state index contributed by atoms with van der Waals surface area (Å²) in [5.74, 6) is 1.11. The minimum absolute atomic E-state index is 0.0503. The standard InChI is InChI=1S/C12H14O2/c1-8(2)12(13)11-7-9-5-3-4-6-10(9)14-11/h3-6,8,11H,7H2,1-2H3. The molecule has 74 valence electrons. The van der Waals surface area contributed by atoms with Crippen molar-refractivity contribution >= 4 is 5.78 Å². The molecule has 0 N–H and O–H groups in total. The molecule has 0 bridgehead atoms. The Hall–Kier alpha value is -1.31. The van der Waals surface area contributed by atoms with Crippen LogP contribution in [0.15, 0.2) is 24.3 Å². The van der Waals surface area contributed by atoms with Crippen LogP contribution < -0.4 is 4.74 Å². The van der Waals surface area contributed by atoms with E-state index in [0.717, 1.165) is 17.7 Å². The van der Waals surface area contributed by atoms with E-state index in [2.05, 4.69) is 0 Å². The molecule has 1 aliphatic heterocycles. The van der Waals surface area contributed by atoms with Crippen molar-refractivity contribution in [2.24, 2.45) is 5.92 Å². The molecule has 1 aromatic rings. The summed E-state index contributed by atoms with van der Waals surface area (Å²) in [5.41, 5.74) is 1.14. The second kappa shape index (κ2) is 3.45. The molecule has 2 heteroatoms. The van der Waals surface area contributed by atoms with Crippen LogP contribution in [0.1, 0.15) is 19.4 Å². The van der Waals surface area contributed by atoms with Gasteiger partial charge in [-0.05, 0) is 11.6 Å². The number of para-hydroxylation sites is 1. The van der Waals surface area contributed by atoms with Crippen molar-refractivity contribution in [1.29, 1.82) is 0 Å². The van der Waals surface area contributed by atoms with E-state index >= 15 is 0 Å². The molecule has 0 fully saturated rings. The van der Waals surface area contributed by atoms with Gasteiger partial charge in [0, 0.05) is 12.3 Å². The number of carbonyl (C=O) groups is 1. The summed E-state index contributed by atoms with van der Waals surface area (Å²) in [6, 6.07) is 7.84. The van der Waals surface area contributed by atoms with Crippen molar-refractivity contribution < 1.29 is 9.53 Å². The van der Waals surface area contributed by atoms with E-state index in [-0.39, 0.29) is 17.8 Å². The highest BCUT2D eigenvalue weighted by Crippen LogP contribution is 2.29. The van der Waals surface area contributed by atoms with E-state index in [1.54, 1.807) is 0 Å². The summed E-state index contributed by atoms with van der Waals surface area (Å²) < 4.78 is 5.58. The first-order chi connectivity index (χ1) is 6.68. The van der Waals surface area contributed by atoms with Crippen LogP contribution in [0.4, 0.5) is 0 Å². The van der Waals surface area contributed by atoms with E-state index in [9.17, 15) is 4.79 Å². The number of fused-ring (bicyclic) bond motifs is 1. The molecule has 1 atom stereocenters. The summed E-state index contributed by atoms with van der Waals surface area (Å²) in [6.45, 7) is 3.82. The molecule has 0 spiro atoms. The van der Waals surface area contributed by atoms with Gasteiger partial charge in [-0.1, -0.05) is 32.0 Å². The highest BCUT2D eigenvalue weighted by molar-refractivity contribution is 5.86. The van der Waals surface area contributed by atoms with Gasteiger partial charge < -0.3 is 4.74 Å². The lowest BCUT2D eigenvalue weighted by atomic mass is 10.0. The van der Waals surface area contributed by atoms with Crippen LogP contribution in [0.25, 0.3) is 0 Å². The molecule has 0 aromatic heterocycles. The third kappa shape index (κ3) is 1.52. The molecular weight excluding hydrogens is 176 g/mol. The Morgan fingerprint density at radius 2 is 2.14 bits per heavy atom. The van der Waals surface area contributed by atoms with Crippen LogP contribution in [0.5, 0.6) is 5.75 Å². The van der Waals surface area contributed by atoms with E-state index in [4.69, 9.17) is 4.74 Å². The molecule has 1 heterocycles. The number of Topliss-reactive ketones (excluding diaryl/α,β-unsaturated/α-hetero) is 1. The van der Waals surface area contributed by atoms with E-state index < -0.39 is 0 Å². The third-order valence-corrected chi connectivity index (χ3v) is 2.53. The zero-order chi connectivity index (χ0) is 10.1. The second-order valence-corrected chi connectivity index (χ2v) is 3.98. The van der Waals surface area contributed by atoms with Crippen LogP contribution in [0.2, 0.25) is 0 Å². The summed E-state index contributed by atoms with van der Waals surface area (Å²) in [6.07, 6.45) is 0.472. The van der Waals surface area contributed by atoms with E-state index in [1.807, 2.05) is 38.1 Å². The topological polar surface area (TPSA) is 26.3 Å². The lowest BCUT2D eigenvalue weighted by Crippen LogP contribution is -2.29. The smallest absolute Gasteiger partial charge is 0.176 e. The lowest BCUT2D eigenvalue weighted by Gasteiger charge is -2.11. The van der Waals surface area contributed by atoms with Crippen molar-refractivity contribution in [1.82, 2.24) is 0 Å². The number of hydrogen-bond acceptors (Lipinski definition) is 2. The van der Waals surface area contributed by atoms with Gasteiger partial charge in [-0.2, -0.15) is 0 Å². The fraction of sp³-hybridized carbons (Fsp3) is 0.417. The molecule has 0 saturated carbocycles. The molecule has 14 heavy (non-hydrogen) atoms. The van der Waals surface area contributed by atoms with Gasteiger partial charge in [0.2, 0.25) is 0 Å². The lowest BCUT2D eigenvalue weighted by molar-refractivity contribution is -0.128. The Bertz CT molecular complexity index is 330. The fourth-order valence-electron chi connectivity index (χ4n) is 1.71. The number of benzene rings is 1. The first-order valence-corrected chi connectivity index (χ1v) is 4.97. The van der Waals surface area contributed by atoms with Crippen LogP contribution >= 0.6 is 0 Å². The van der Waals surface area contributed by atoms with E-state index in [0.29, 0.717) is 0 Å². The highest BCUT2D eigenvalue weighted by Gasteiger charge is 2.29. The fourth-order valence-corrected chi connectivity index (χ4v) is 1.71. The van der Waals surface area contributed by atoms with Crippen LogP contribution in [-0.2, 0) is 11.2 Å². The van der Waals surface area contributed by atoms with Gasteiger partial charge in [-0.15, -0.1) is 0 Å². The number of ketones is 1. The summed E-state index contributed by atoms with van der Waals surface area (Å²) in [4.78, 5) is 11.7. The molecule has 2 rings (SSSR count). The Balaban J connectivity index is 2.16. The average molecular weight is 190 g/mol. The molecule has 1 unspecified atom stereocenters. The molecular formula is C12H14O2. The monoisotopic (exact) mass is 190 g/mol. The Morgan fingerprint density at radius 1 is 1.43 bits per heavy atom. The van der Waals surface area contributed by atoms with Crippen LogP contribution in [0, 0.1) is 5.92 Å². The molecule has 1 aromatic carbocycles. The second-order valence-electron chi connectivity index (χ2n) is 3.98. The largest absolute Gasteiger partial charge is 0.482 e. The maximum atomic E-state index is 11.7. The van der Waals surface area contributed by atoms with Crippen molar-refractivity contribution in [2.45, 2.75) is 26.4 Å². The van der Waals surface area contributed by atoms with Gasteiger partial charge in [0.15, 0.2) is 11.9 Å². The van der Waals surface area contributed by atoms with Crippen LogP contribution in [0.3, 0.4) is 0 Å². The summed E-state index contributed by atoms with van der Waals surface area (Å²) in [7, 11) is 0. The number of carbonyl (C=O) groups excluding carboxylic acids is 1. The maximum absolute atomic E-state index is 11.7. The summed E-state index contributed by atoms with van der Waals surface area (Å²) >= 11 is 0. The zero-order valence-corrected chi connectivity index (χ0v) is 8.49. The minimum atomic E-state index is -0.257. The van der Waals surface area contributed by atoms with Crippen molar-refractivity contribution in [3.63, 3.8) is 0 Å². The van der Waals surface area contributed by atoms with Gasteiger partial charge in [0.25, 0.3) is 0 Å². The normalized spacial score (nSPS) is 19.2. The van der Waals surface area contributed by atoms with Gasteiger partial charge in [0.1, 0.15) is 5.75 Å². The van der Waals surface area contributed by atoms with Crippen molar-refractivity contribution in [2.75, 3.05) is 0 Å². The van der Waals surface area contributed by atoms with Crippen LogP contribution in [-0.4, -0.2) is 11.9 Å². The van der Waals surface area contributed by atoms with E-state index in [1.165, 1.54) is 0 Å². The SMILES string of the molecule is CC(C)C(=O)C1Cc2ccccc2O1. The van der Waals surface area contributed by atoms with Gasteiger partial charge in [-0.3, -0.25) is 4.79 Å². The van der Waals surface area contributed by atoms with Crippen molar-refractivity contribution in [3.05, 3.63) is 29.8 Å². The molecule has 0 aliphatic carbocycles.